The summed E-state index contributed by atoms with van der Waals surface area (Å²) in [4.78, 5) is 0. The molecule has 0 aromatic heterocycles. The van der Waals surface area contributed by atoms with Crippen molar-refractivity contribution < 1.29 is 57.1 Å². The molecule has 1 aromatic carbocycles. The van der Waals surface area contributed by atoms with Crippen LogP contribution in [0.25, 0.3) is 0 Å². The third-order valence-electron chi connectivity index (χ3n) is 2.14. The van der Waals surface area contributed by atoms with Crippen molar-refractivity contribution in [2.24, 2.45) is 0 Å². The van der Waals surface area contributed by atoms with Crippen LogP contribution < -0.4 is 44.3 Å². The molecule has 122 valence electrons. The first-order chi connectivity index (χ1) is 9.71. The molecule has 1 rings (SSSR count). The average molecular weight is 343 g/mol. The number of hydrogen-bond acceptors (Lipinski definition) is 6. The van der Waals surface area contributed by atoms with Gasteiger partial charge in [-0.05, 0) is 6.92 Å². The van der Waals surface area contributed by atoms with Crippen LogP contribution in [0.15, 0.2) is 18.2 Å². The van der Waals surface area contributed by atoms with Gasteiger partial charge in [-0.3, -0.25) is 4.55 Å². The van der Waals surface area contributed by atoms with E-state index in [4.69, 9.17) is 19.1 Å². The normalized spacial score (nSPS) is 11.4. The zero-order valence-electron chi connectivity index (χ0n) is 13.4. The summed E-state index contributed by atoms with van der Waals surface area (Å²) in [5, 5.41) is 11.4. The second kappa shape index (κ2) is 12.0. The van der Waals surface area contributed by atoms with Crippen molar-refractivity contribution in [1.82, 2.24) is 0 Å². The summed E-state index contributed by atoms with van der Waals surface area (Å²) in [6, 6.07) is 5.72. The smallest absolute Gasteiger partial charge is 0.497 e. The van der Waals surface area contributed by atoms with Crippen LogP contribution in [0, 0.1) is 6.92 Å². The summed E-state index contributed by atoms with van der Waals surface area (Å²) in [6.45, 7) is 5.87. The molecule has 0 aliphatic heterocycles. The van der Waals surface area contributed by atoms with E-state index < -0.39 is 22.0 Å². The Hall–Kier alpha value is -0.510. The molecule has 1 aromatic rings. The number of methoxy groups -OCH3 is 2. The van der Waals surface area contributed by atoms with Crippen LogP contribution >= 0.6 is 0 Å². The fourth-order valence-electron chi connectivity index (χ4n) is 1.36. The standard InChI is InChI=1S/C10H15NO2.C3H7O4S.Na/c1-4-11-8-5-9(12-2)7-10(6-8)13-3;1-3(4)2-8(5,6)7;/h5-7,11H,4H2,1-3H3;3-4H,1-2H2,(H,5,6,7);/q;-1;+1. The molecule has 1 unspecified atom stereocenters. The van der Waals surface area contributed by atoms with Crippen LogP contribution in [0.3, 0.4) is 0 Å². The summed E-state index contributed by atoms with van der Waals surface area (Å²) in [7, 11) is -0.749. The molecule has 0 saturated heterocycles. The molecule has 0 fully saturated rings. The summed E-state index contributed by atoms with van der Waals surface area (Å²) in [6.07, 6.45) is -1.25. The molecular formula is C13H22NNaO6S. The van der Waals surface area contributed by atoms with Crippen molar-refractivity contribution in [2.75, 3.05) is 31.8 Å². The quantitative estimate of drug-likeness (QED) is 0.318. The van der Waals surface area contributed by atoms with Crippen molar-refractivity contribution in [3.63, 3.8) is 0 Å². The monoisotopic (exact) mass is 343 g/mol. The van der Waals surface area contributed by atoms with E-state index in [1.165, 1.54) is 0 Å². The number of nitrogens with one attached hydrogen (secondary N) is 1. The van der Waals surface area contributed by atoms with Gasteiger partial charge in [0.1, 0.15) is 11.5 Å². The van der Waals surface area contributed by atoms with Gasteiger partial charge in [-0.2, -0.15) is 8.42 Å². The largest absolute Gasteiger partial charge is 1.00 e. The van der Waals surface area contributed by atoms with Gasteiger partial charge >= 0.3 is 29.6 Å². The zero-order valence-corrected chi connectivity index (χ0v) is 16.2. The number of benzene rings is 1. The summed E-state index contributed by atoms with van der Waals surface area (Å²) < 4.78 is 37.8. The molecule has 0 aliphatic carbocycles. The SMILES string of the molecule is CCNc1cc(OC)cc(OC)c1.[CH2-]C(O)CS(=O)(=O)O.[Na+]. The average Bonchev–Trinajstić information content (AvgIpc) is 2.36. The van der Waals surface area contributed by atoms with E-state index in [9.17, 15) is 8.42 Å². The van der Waals surface area contributed by atoms with Crippen molar-refractivity contribution >= 4 is 15.8 Å². The van der Waals surface area contributed by atoms with E-state index in [2.05, 4.69) is 12.2 Å². The number of aliphatic hydroxyl groups excluding tert-OH is 1. The van der Waals surface area contributed by atoms with Gasteiger partial charge in [-0.15, -0.1) is 0 Å². The predicted octanol–water partition coefficient (Wildman–Crippen LogP) is -1.79. The van der Waals surface area contributed by atoms with E-state index in [-0.39, 0.29) is 29.6 Å². The fourth-order valence-corrected chi connectivity index (χ4v) is 1.84. The molecular weight excluding hydrogens is 321 g/mol. The molecule has 0 spiro atoms. The van der Waals surface area contributed by atoms with Crippen molar-refractivity contribution in [3.05, 3.63) is 25.1 Å². The number of aliphatic hydroxyl groups is 1. The van der Waals surface area contributed by atoms with Gasteiger partial charge in [0, 0.05) is 30.4 Å². The van der Waals surface area contributed by atoms with Crippen LogP contribution in [0.1, 0.15) is 6.92 Å². The molecule has 7 nitrogen and oxygen atoms in total. The minimum atomic E-state index is -4.04. The Morgan fingerprint density at radius 3 is 1.91 bits per heavy atom. The number of ether oxygens (including phenoxy) is 2. The Balaban J connectivity index is 0. The van der Waals surface area contributed by atoms with E-state index in [1.807, 2.05) is 25.1 Å². The summed E-state index contributed by atoms with van der Waals surface area (Å²) >= 11 is 0. The van der Waals surface area contributed by atoms with Crippen molar-refractivity contribution in [1.29, 1.82) is 0 Å². The van der Waals surface area contributed by atoms with E-state index in [1.54, 1.807) is 14.2 Å². The van der Waals surface area contributed by atoms with Gasteiger partial charge in [-0.1, -0.05) is 6.10 Å². The third-order valence-corrected chi connectivity index (χ3v) is 2.94. The van der Waals surface area contributed by atoms with Crippen LogP contribution in [-0.4, -0.2) is 50.7 Å². The van der Waals surface area contributed by atoms with E-state index >= 15 is 0 Å². The van der Waals surface area contributed by atoms with Crippen molar-refractivity contribution in [3.8, 4) is 11.5 Å². The van der Waals surface area contributed by atoms with Gasteiger partial charge in [0.05, 0.1) is 20.0 Å². The summed E-state index contributed by atoms with van der Waals surface area (Å²) in [5.74, 6) is 0.901. The molecule has 3 N–H and O–H groups in total. The van der Waals surface area contributed by atoms with Gasteiger partial charge in [0.15, 0.2) is 0 Å². The van der Waals surface area contributed by atoms with Crippen LogP contribution in [0.4, 0.5) is 5.69 Å². The van der Waals surface area contributed by atoms with Crippen molar-refractivity contribution in [2.45, 2.75) is 13.0 Å². The van der Waals surface area contributed by atoms with Gasteiger partial charge in [0.25, 0.3) is 10.1 Å². The van der Waals surface area contributed by atoms with Gasteiger partial charge in [0.2, 0.25) is 0 Å². The molecule has 9 heteroatoms. The first kappa shape index (κ1) is 23.8. The Labute approximate surface area is 154 Å². The van der Waals surface area contributed by atoms with E-state index in [0.29, 0.717) is 0 Å². The number of anilines is 1. The van der Waals surface area contributed by atoms with Gasteiger partial charge in [-0.25, -0.2) is 0 Å². The predicted molar refractivity (Wildman–Crippen MR) is 81.5 cm³/mol. The molecule has 0 heterocycles. The zero-order chi connectivity index (χ0) is 16.5. The maximum Gasteiger partial charge on any atom is 1.00 e. The minimum Gasteiger partial charge on any atom is -0.497 e. The molecule has 0 bridgehead atoms. The minimum absolute atomic E-state index is 0. The van der Waals surface area contributed by atoms with Crippen LogP contribution in [0.2, 0.25) is 0 Å². The molecule has 0 aliphatic rings. The molecule has 1 atom stereocenters. The van der Waals surface area contributed by atoms with Crippen LogP contribution in [-0.2, 0) is 10.1 Å². The number of rotatable bonds is 6. The Morgan fingerprint density at radius 2 is 1.68 bits per heavy atom. The molecule has 22 heavy (non-hydrogen) atoms. The molecule has 0 amide bonds. The van der Waals surface area contributed by atoms with Gasteiger partial charge < -0.3 is 26.8 Å². The first-order valence-electron chi connectivity index (χ1n) is 6.15. The van der Waals surface area contributed by atoms with E-state index in [0.717, 1.165) is 23.7 Å². The molecule has 0 saturated carbocycles. The topological polar surface area (TPSA) is 105 Å². The molecule has 0 radical (unpaired) electrons. The third kappa shape index (κ3) is 12.1. The Kier molecular flexibility index (Phi) is 12.9. The fraction of sp³-hybridized carbons (Fsp3) is 0.462. The van der Waals surface area contributed by atoms with Crippen LogP contribution in [0.5, 0.6) is 11.5 Å². The first-order valence-corrected chi connectivity index (χ1v) is 7.76. The Morgan fingerprint density at radius 1 is 1.23 bits per heavy atom. The maximum atomic E-state index is 9.80. The second-order valence-electron chi connectivity index (χ2n) is 4.03. The second-order valence-corrected chi connectivity index (χ2v) is 5.53. The summed E-state index contributed by atoms with van der Waals surface area (Å²) in [5.41, 5.74) is 1.01. The Bertz CT molecular complexity index is 499. The maximum absolute atomic E-state index is 9.80. The number of hydrogen-bond donors (Lipinski definition) is 3.